The molecule has 2 heterocycles. The fourth-order valence-corrected chi connectivity index (χ4v) is 4.33. The number of hydrogen-bond acceptors (Lipinski definition) is 4. The highest BCUT2D eigenvalue weighted by molar-refractivity contribution is 7.98. The van der Waals surface area contributed by atoms with Gasteiger partial charge in [-0.25, -0.2) is 4.98 Å². The zero-order valence-electron chi connectivity index (χ0n) is 14.7. The molecule has 4 rings (SSSR count). The lowest BCUT2D eigenvalue weighted by atomic mass is 10.2. The molecule has 5 nitrogen and oxygen atoms in total. The lowest BCUT2D eigenvalue weighted by molar-refractivity contribution is 0.183. The van der Waals surface area contributed by atoms with Crippen LogP contribution in [0.4, 0.5) is 0 Å². The molecule has 138 valence electrons. The first-order chi connectivity index (χ1) is 13.2. The number of nitrogens with one attached hydrogen (secondary N) is 1. The highest BCUT2D eigenvalue weighted by Crippen LogP contribution is 2.28. The van der Waals surface area contributed by atoms with E-state index in [1.54, 1.807) is 11.7 Å². The normalized spacial score (nSPS) is 11.5. The zero-order valence-corrected chi connectivity index (χ0v) is 16.3. The van der Waals surface area contributed by atoms with Crippen molar-refractivity contribution in [2.45, 2.75) is 17.5 Å². The molecule has 0 amide bonds. The molecule has 0 aliphatic rings. The smallest absolute Gasteiger partial charge is 0.278 e. The number of halogens is 1. The Morgan fingerprint density at radius 1 is 1.19 bits per heavy atom. The van der Waals surface area contributed by atoms with Crippen molar-refractivity contribution in [3.05, 3.63) is 69.5 Å². The second-order valence-corrected chi connectivity index (χ2v) is 7.47. The average molecular weight is 400 g/mol. The Bertz CT molecular complexity index is 1170. The van der Waals surface area contributed by atoms with Crippen molar-refractivity contribution in [3.8, 4) is 0 Å². The van der Waals surface area contributed by atoms with Crippen LogP contribution < -0.4 is 5.56 Å². The standard InChI is InChI=1S/C20H18ClN3O2S/c1-26-11-10-24-19(25)18-17(14-7-3-5-9-16(14)22-18)23-20(24)27-12-13-6-2-4-8-15(13)21/h2-9,22H,10-12H2,1H3. The van der Waals surface area contributed by atoms with E-state index >= 15 is 0 Å². The van der Waals surface area contributed by atoms with Crippen LogP contribution in [0.1, 0.15) is 5.56 Å². The van der Waals surface area contributed by atoms with Crippen LogP contribution in [0.3, 0.4) is 0 Å². The minimum atomic E-state index is -0.0880. The molecule has 0 saturated carbocycles. The maximum atomic E-state index is 13.1. The summed E-state index contributed by atoms with van der Waals surface area (Å²) in [6.07, 6.45) is 0. The summed E-state index contributed by atoms with van der Waals surface area (Å²) in [7, 11) is 1.62. The van der Waals surface area contributed by atoms with Gasteiger partial charge in [-0.1, -0.05) is 59.8 Å². The molecule has 0 unspecified atom stereocenters. The SMILES string of the molecule is COCCn1c(SCc2ccccc2Cl)nc2c([nH]c3ccccc32)c1=O. The monoisotopic (exact) mass is 399 g/mol. The molecule has 0 radical (unpaired) electrons. The summed E-state index contributed by atoms with van der Waals surface area (Å²) in [5, 5.41) is 2.32. The van der Waals surface area contributed by atoms with Gasteiger partial charge in [-0.15, -0.1) is 0 Å². The molecule has 0 bridgehead atoms. The quantitative estimate of drug-likeness (QED) is 0.384. The number of hydrogen-bond donors (Lipinski definition) is 1. The fraction of sp³-hybridized carbons (Fsp3) is 0.200. The Labute approximate surface area is 165 Å². The van der Waals surface area contributed by atoms with Gasteiger partial charge in [0.25, 0.3) is 5.56 Å². The third kappa shape index (κ3) is 3.48. The van der Waals surface area contributed by atoms with Gasteiger partial charge in [-0.2, -0.15) is 0 Å². The number of para-hydroxylation sites is 1. The maximum Gasteiger partial charge on any atom is 0.278 e. The Hall–Kier alpha value is -2.28. The van der Waals surface area contributed by atoms with Crippen LogP contribution in [0.15, 0.2) is 58.5 Å². The summed E-state index contributed by atoms with van der Waals surface area (Å²) in [6, 6.07) is 15.5. The Morgan fingerprint density at radius 3 is 2.78 bits per heavy atom. The summed E-state index contributed by atoms with van der Waals surface area (Å²) in [4.78, 5) is 21.1. The predicted octanol–water partition coefficient (Wildman–Crippen LogP) is 4.47. The molecule has 2 aromatic carbocycles. The molecule has 2 aromatic heterocycles. The number of aromatic nitrogens is 3. The van der Waals surface area contributed by atoms with Gasteiger partial charge >= 0.3 is 0 Å². The zero-order chi connectivity index (χ0) is 18.8. The Kier molecular flexibility index (Phi) is 5.20. The van der Waals surface area contributed by atoms with Crippen LogP contribution in [0, 0.1) is 0 Å². The first kappa shape index (κ1) is 18.1. The summed E-state index contributed by atoms with van der Waals surface area (Å²) < 4.78 is 6.85. The van der Waals surface area contributed by atoms with Crippen LogP contribution in [0.25, 0.3) is 21.9 Å². The third-order valence-corrected chi connectivity index (χ3v) is 5.80. The van der Waals surface area contributed by atoms with E-state index in [1.165, 1.54) is 11.8 Å². The molecular formula is C20H18ClN3O2S. The van der Waals surface area contributed by atoms with Crippen molar-refractivity contribution in [1.29, 1.82) is 0 Å². The van der Waals surface area contributed by atoms with E-state index in [-0.39, 0.29) is 5.56 Å². The molecule has 0 aliphatic heterocycles. The van der Waals surface area contributed by atoms with Gasteiger partial charge in [-0.3, -0.25) is 9.36 Å². The predicted molar refractivity (Wildman–Crippen MR) is 111 cm³/mol. The highest BCUT2D eigenvalue weighted by atomic mass is 35.5. The number of benzene rings is 2. The van der Waals surface area contributed by atoms with Crippen LogP contribution in [-0.2, 0) is 17.0 Å². The van der Waals surface area contributed by atoms with E-state index in [1.807, 2.05) is 48.5 Å². The van der Waals surface area contributed by atoms with Crippen molar-refractivity contribution in [2.75, 3.05) is 13.7 Å². The van der Waals surface area contributed by atoms with Crippen LogP contribution in [0.5, 0.6) is 0 Å². The second-order valence-electron chi connectivity index (χ2n) is 6.12. The summed E-state index contributed by atoms with van der Waals surface area (Å²) in [6.45, 7) is 0.880. The van der Waals surface area contributed by atoms with E-state index in [0.717, 1.165) is 16.5 Å². The Balaban J connectivity index is 1.82. The van der Waals surface area contributed by atoms with Crippen LogP contribution in [-0.4, -0.2) is 28.3 Å². The molecule has 27 heavy (non-hydrogen) atoms. The number of thioether (sulfide) groups is 1. The minimum absolute atomic E-state index is 0.0880. The molecule has 4 aromatic rings. The number of methoxy groups -OCH3 is 1. The number of H-pyrrole nitrogens is 1. The molecular weight excluding hydrogens is 382 g/mol. The fourth-order valence-electron chi connectivity index (χ4n) is 3.02. The number of nitrogens with zero attached hydrogens (tertiary/aromatic N) is 2. The minimum Gasteiger partial charge on any atom is -0.383 e. The van der Waals surface area contributed by atoms with Gasteiger partial charge in [0.1, 0.15) is 11.0 Å². The van der Waals surface area contributed by atoms with Gasteiger partial charge in [0.15, 0.2) is 5.16 Å². The van der Waals surface area contributed by atoms with E-state index < -0.39 is 0 Å². The summed E-state index contributed by atoms with van der Waals surface area (Å²) >= 11 is 7.78. The van der Waals surface area contributed by atoms with Crippen molar-refractivity contribution >= 4 is 45.3 Å². The third-order valence-electron chi connectivity index (χ3n) is 4.41. The first-order valence-electron chi connectivity index (χ1n) is 8.55. The number of fused-ring (bicyclic) bond motifs is 3. The maximum absolute atomic E-state index is 13.1. The van der Waals surface area contributed by atoms with Gasteiger partial charge in [0.05, 0.1) is 13.2 Å². The van der Waals surface area contributed by atoms with Gasteiger partial charge in [0.2, 0.25) is 0 Å². The molecule has 0 saturated heterocycles. The van der Waals surface area contributed by atoms with Crippen molar-refractivity contribution < 1.29 is 4.74 Å². The van der Waals surface area contributed by atoms with E-state index in [9.17, 15) is 4.79 Å². The van der Waals surface area contributed by atoms with Gasteiger partial charge in [0, 0.05) is 28.8 Å². The van der Waals surface area contributed by atoms with Gasteiger partial charge in [-0.05, 0) is 17.7 Å². The van der Waals surface area contributed by atoms with Crippen molar-refractivity contribution in [2.24, 2.45) is 0 Å². The molecule has 0 fully saturated rings. The lowest BCUT2D eigenvalue weighted by Gasteiger charge is -2.12. The van der Waals surface area contributed by atoms with E-state index in [0.29, 0.717) is 40.1 Å². The number of rotatable bonds is 6. The molecule has 1 N–H and O–H groups in total. The lowest BCUT2D eigenvalue weighted by Crippen LogP contribution is -2.25. The summed E-state index contributed by atoms with van der Waals surface area (Å²) in [5.74, 6) is 0.632. The average Bonchev–Trinajstić information content (AvgIpc) is 3.06. The van der Waals surface area contributed by atoms with Crippen LogP contribution in [0.2, 0.25) is 5.02 Å². The molecule has 7 heteroatoms. The molecule has 0 atom stereocenters. The van der Waals surface area contributed by atoms with Gasteiger partial charge < -0.3 is 9.72 Å². The van der Waals surface area contributed by atoms with E-state index in [4.69, 9.17) is 21.3 Å². The number of aromatic amines is 1. The van der Waals surface area contributed by atoms with E-state index in [2.05, 4.69) is 4.98 Å². The second kappa shape index (κ2) is 7.76. The van der Waals surface area contributed by atoms with Crippen molar-refractivity contribution in [1.82, 2.24) is 14.5 Å². The first-order valence-corrected chi connectivity index (χ1v) is 9.92. The number of ether oxygens (including phenoxy) is 1. The summed E-state index contributed by atoms with van der Waals surface area (Å²) in [5.41, 5.74) is 3.05. The Morgan fingerprint density at radius 2 is 1.96 bits per heavy atom. The van der Waals surface area contributed by atoms with Crippen molar-refractivity contribution in [3.63, 3.8) is 0 Å². The van der Waals surface area contributed by atoms with Crippen LogP contribution >= 0.6 is 23.4 Å². The molecule has 0 spiro atoms. The highest BCUT2D eigenvalue weighted by Gasteiger charge is 2.16. The topological polar surface area (TPSA) is 59.9 Å². The molecule has 0 aliphatic carbocycles. The largest absolute Gasteiger partial charge is 0.383 e.